The van der Waals surface area contributed by atoms with Gasteiger partial charge in [0, 0.05) is 12.1 Å². The second-order valence-corrected chi connectivity index (χ2v) is 6.65. The Kier molecular flexibility index (Phi) is 3.39. The number of hydrogen-bond acceptors (Lipinski definition) is 6. The summed E-state index contributed by atoms with van der Waals surface area (Å²) in [5, 5.41) is 3.26. The van der Waals surface area contributed by atoms with Gasteiger partial charge in [0.1, 0.15) is 11.0 Å². The molecule has 0 saturated carbocycles. The SMILES string of the molecule is Nc1nc(Cl)cc(NC2CCCS(=O)(=O)C2)n1. The lowest BCUT2D eigenvalue weighted by molar-refractivity contribution is 0.561. The Morgan fingerprint density at radius 3 is 2.88 bits per heavy atom. The van der Waals surface area contributed by atoms with Crippen LogP contribution >= 0.6 is 11.6 Å². The van der Waals surface area contributed by atoms with Gasteiger partial charge in [-0.2, -0.15) is 4.98 Å². The maximum Gasteiger partial charge on any atom is 0.223 e. The third-order valence-electron chi connectivity index (χ3n) is 2.53. The lowest BCUT2D eigenvalue weighted by Crippen LogP contribution is -2.35. The van der Waals surface area contributed by atoms with Crippen molar-refractivity contribution in [2.75, 3.05) is 22.6 Å². The van der Waals surface area contributed by atoms with Crippen LogP contribution in [0.25, 0.3) is 0 Å². The molecule has 0 aliphatic carbocycles. The van der Waals surface area contributed by atoms with Gasteiger partial charge < -0.3 is 11.1 Å². The maximum atomic E-state index is 11.5. The Hall–Kier alpha value is -1.08. The van der Waals surface area contributed by atoms with Crippen molar-refractivity contribution < 1.29 is 8.42 Å². The number of nitrogens with one attached hydrogen (secondary N) is 1. The van der Waals surface area contributed by atoms with Gasteiger partial charge in [-0.1, -0.05) is 11.6 Å². The topological polar surface area (TPSA) is 98.0 Å². The van der Waals surface area contributed by atoms with Crippen LogP contribution in [-0.4, -0.2) is 35.9 Å². The molecule has 94 valence electrons. The van der Waals surface area contributed by atoms with Crippen LogP contribution in [0.3, 0.4) is 0 Å². The maximum absolute atomic E-state index is 11.5. The molecule has 0 radical (unpaired) electrons. The quantitative estimate of drug-likeness (QED) is 0.772. The number of rotatable bonds is 2. The number of anilines is 2. The van der Waals surface area contributed by atoms with Crippen LogP contribution in [0.1, 0.15) is 12.8 Å². The summed E-state index contributed by atoms with van der Waals surface area (Å²) < 4.78 is 22.9. The Morgan fingerprint density at radius 1 is 1.47 bits per heavy atom. The molecule has 1 unspecified atom stereocenters. The van der Waals surface area contributed by atoms with Gasteiger partial charge in [0.2, 0.25) is 5.95 Å². The van der Waals surface area contributed by atoms with Gasteiger partial charge in [-0.25, -0.2) is 13.4 Å². The van der Waals surface area contributed by atoms with Crippen molar-refractivity contribution >= 4 is 33.2 Å². The molecule has 17 heavy (non-hydrogen) atoms. The lowest BCUT2D eigenvalue weighted by atomic mass is 10.2. The molecule has 0 aromatic carbocycles. The van der Waals surface area contributed by atoms with Gasteiger partial charge in [-0.15, -0.1) is 0 Å². The molecule has 1 saturated heterocycles. The fourth-order valence-corrected chi connectivity index (χ4v) is 3.68. The average molecular weight is 277 g/mol. The van der Waals surface area contributed by atoms with Gasteiger partial charge in [0.05, 0.1) is 11.5 Å². The highest BCUT2D eigenvalue weighted by Crippen LogP contribution is 2.18. The largest absolute Gasteiger partial charge is 0.368 e. The molecule has 1 aliphatic heterocycles. The van der Waals surface area contributed by atoms with Crippen LogP contribution in [0.15, 0.2) is 6.07 Å². The Morgan fingerprint density at radius 2 is 2.24 bits per heavy atom. The van der Waals surface area contributed by atoms with E-state index < -0.39 is 9.84 Å². The second kappa shape index (κ2) is 4.66. The zero-order valence-corrected chi connectivity index (χ0v) is 10.6. The molecule has 6 nitrogen and oxygen atoms in total. The first kappa shape index (κ1) is 12.4. The van der Waals surface area contributed by atoms with E-state index in [4.69, 9.17) is 17.3 Å². The molecule has 1 aliphatic rings. The zero-order valence-electron chi connectivity index (χ0n) is 9.06. The van der Waals surface area contributed by atoms with Gasteiger partial charge >= 0.3 is 0 Å². The minimum atomic E-state index is -2.94. The number of halogens is 1. The molecule has 1 aromatic heterocycles. The molecule has 0 bridgehead atoms. The minimum absolute atomic E-state index is 0.0682. The number of nitrogens with zero attached hydrogens (tertiary/aromatic N) is 2. The van der Waals surface area contributed by atoms with Crippen molar-refractivity contribution in [3.63, 3.8) is 0 Å². The standard InChI is InChI=1S/C9H13ClN4O2S/c10-7-4-8(14-9(11)13-7)12-6-2-1-3-17(15,16)5-6/h4,6H,1-3,5H2,(H3,11,12,13,14). The highest BCUT2D eigenvalue weighted by Gasteiger charge is 2.24. The van der Waals surface area contributed by atoms with Crippen LogP contribution in [0, 0.1) is 0 Å². The highest BCUT2D eigenvalue weighted by atomic mass is 35.5. The number of nitrogens with two attached hydrogens (primary N) is 1. The van der Waals surface area contributed by atoms with Gasteiger partial charge in [0.15, 0.2) is 9.84 Å². The number of sulfone groups is 1. The summed E-state index contributed by atoms with van der Waals surface area (Å²) in [6, 6.07) is 1.39. The second-order valence-electron chi connectivity index (χ2n) is 4.03. The van der Waals surface area contributed by atoms with Crippen molar-refractivity contribution in [3.8, 4) is 0 Å². The third kappa shape index (κ3) is 3.44. The lowest BCUT2D eigenvalue weighted by Gasteiger charge is -2.23. The highest BCUT2D eigenvalue weighted by molar-refractivity contribution is 7.91. The van der Waals surface area contributed by atoms with Crippen LogP contribution in [0.4, 0.5) is 11.8 Å². The smallest absolute Gasteiger partial charge is 0.223 e. The Bertz CT molecular complexity index is 499. The summed E-state index contributed by atoms with van der Waals surface area (Å²) in [7, 11) is -2.94. The molecule has 8 heteroatoms. The molecule has 1 aromatic rings. The summed E-state index contributed by atoms with van der Waals surface area (Å²) in [5.74, 6) is 0.912. The van der Waals surface area contributed by atoms with Crippen LogP contribution < -0.4 is 11.1 Å². The first-order chi connectivity index (χ1) is 7.94. The summed E-state index contributed by atoms with van der Waals surface area (Å²) in [5.41, 5.74) is 5.45. The summed E-state index contributed by atoms with van der Waals surface area (Å²) >= 11 is 5.73. The van der Waals surface area contributed by atoms with Crippen molar-refractivity contribution in [3.05, 3.63) is 11.2 Å². The van der Waals surface area contributed by atoms with Crippen molar-refractivity contribution in [2.24, 2.45) is 0 Å². The zero-order chi connectivity index (χ0) is 12.5. The van der Waals surface area contributed by atoms with E-state index in [1.165, 1.54) is 6.07 Å². The molecule has 1 fully saturated rings. The number of aromatic nitrogens is 2. The molecule has 2 rings (SSSR count). The summed E-state index contributed by atoms with van der Waals surface area (Å²) in [4.78, 5) is 7.68. The number of hydrogen-bond donors (Lipinski definition) is 2. The van der Waals surface area contributed by atoms with E-state index >= 15 is 0 Å². The Labute approximate surface area is 105 Å². The number of nitrogen functional groups attached to an aromatic ring is 1. The minimum Gasteiger partial charge on any atom is -0.368 e. The molecule has 2 heterocycles. The fourth-order valence-electron chi connectivity index (χ4n) is 1.85. The van der Waals surface area contributed by atoms with Gasteiger partial charge in [-0.3, -0.25) is 0 Å². The first-order valence-electron chi connectivity index (χ1n) is 5.22. The van der Waals surface area contributed by atoms with Crippen LogP contribution in [0.5, 0.6) is 0 Å². The molecule has 0 spiro atoms. The van der Waals surface area contributed by atoms with Gasteiger partial charge in [0.25, 0.3) is 0 Å². The third-order valence-corrected chi connectivity index (χ3v) is 4.54. The van der Waals surface area contributed by atoms with Crippen molar-refractivity contribution in [2.45, 2.75) is 18.9 Å². The van der Waals surface area contributed by atoms with Crippen molar-refractivity contribution in [1.82, 2.24) is 9.97 Å². The average Bonchev–Trinajstić information content (AvgIpc) is 2.13. The molecular formula is C9H13ClN4O2S. The summed E-state index contributed by atoms with van der Waals surface area (Å²) in [6.07, 6.45) is 1.45. The predicted molar refractivity (Wildman–Crippen MR) is 66.8 cm³/mol. The Balaban J connectivity index is 2.10. The molecule has 0 amide bonds. The fraction of sp³-hybridized carbons (Fsp3) is 0.556. The van der Waals surface area contributed by atoms with E-state index in [1.54, 1.807) is 0 Å². The first-order valence-corrected chi connectivity index (χ1v) is 7.41. The van der Waals surface area contributed by atoms with Crippen LogP contribution in [0.2, 0.25) is 5.15 Å². The van der Waals surface area contributed by atoms with E-state index in [0.717, 1.165) is 6.42 Å². The predicted octanol–water partition coefficient (Wildman–Crippen LogP) is 0.701. The van der Waals surface area contributed by atoms with Gasteiger partial charge in [-0.05, 0) is 12.8 Å². The van der Waals surface area contributed by atoms with E-state index in [2.05, 4.69) is 15.3 Å². The summed E-state index contributed by atoms with van der Waals surface area (Å²) in [6.45, 7) is 0. The molecule has 3 N–H and O–H groups in total. The molecule has 1 atom stereocenters. The van der Waals surface area contributed by atoms with Crippen LogP contribution in [-0.2, 0) is 9.84 Å². The van der Waals surface area contributed by atoms with E-state index in [0.29, 0.717) is 12.2 Å². The van der Waals surface area contributed by atoms with Crippen molar-refractivity contribution in [1.29, 1.82) is 0 Å². The normalized spacial score (nSPS) is 23.2. The molecular weight excluding hydrogens is 264 g/mol. The van der Waals surface area contributed by atoms with E-state index in [1.807, 2.05) is 0 Å². The monoisotopic (exact) mass is 276 g/mol. The van der Waals surface area contributed by atoms with E-state index in [9.17, 15) is 8.42 Å². The van der Waals surface area contributed by atoms with E-state index in [-0.39, 0.29) is 28.6 Å².